The second-order valence-corrected chi connectivity index (χ2v) is 3.22. The van der Waals surface area contributed by atoms with E-state index in [1.165, 1.54) is 0 Å². The highest BCUT2D eigenvalue weighted by atomic mass is 35.5. The Morgan fingerprint density at radius 3 is 2.29 bits per heavy atom. The van der Waals surface area contributed by atoms with Crippen molar-refractivity contribution in [3.8, 4) is 5.75 Å². The van der Waals surface area contributed by atoms with Crippen LogP contribution in [-0.4, -0.2) is 32.1 Å². The van der Waals surface area contributed by atoms with Gasteiger partial charge in [-0.25, -0.2) is 0 Å². The summed E-state index contributed by atoms with van der Waals surface area (Å²) in [7, 11) is 4.04. The summed E-state index contributed by atoms with van der Waals surface area (Å²) in [6.45, 7) is 1.63. The molecule has 1 aromatic carbocycles. The van der Waals surface area contributed by atoms with Gasteiger partial charge in [0.25, 0.3) is 0 Å². The van der Waals surface area contributed by atoms with Crippen molar-refractivity contribution in [1.29, 1.82) is 0 Å². The summed E-state index contributed by atoms with van der Waals surface area (Å²) in [5.41, 5.74) is 6.30. The van der Waals surface area contributed by atoms with Crippen LogP contribution in [0.15, 0.2) is 24.3 Å². The fraction of sp³-hybridized carbons (Fsp3) is 0.400. The predicted octanol–water partition coefficient (Wildman–Crippen LogP) is 1.63. The maximum Gasteiger partial charge on any atom is 0.119 e. The van der Waals surface area contributed by atoms with E-state index in [1.807, 2.05) is 38.4 Å². The Morgan fingerprint density at radius 1 is 1.21 bits per heavy atom. The van der Waals surface area contributed by atoms with Gasteiger partial charge in [0.15, 0.2) is 0 Å². The number of benzene rings is 1. The van der Waals surface area contributed by atoms with Gasteiger partial charge in [0.1, 0.15) is 12.4 Å². The minimum Gasteiger partial charge on any atom is -0.492 e. The van der Waals surface area contributed by atoms with E-state index in [4.69, 9.17) is 10.5 Å². The zero-order chi connectivity index (χ0) is 9.68. The number of hydrogen-bond acceptors (Lipinski definition) is 3. The molecule has 2 N–H and O–H groups in total. The van der Waals surface area contributed by atoms with E-state index in [0.717, 1.165) is 18.0 Å². The Kier molecular flexibility index (Phi) is 6.08. The number of rotatable bonds is 4. The van der Waals surface area contributed by atoms with Crippen molar-refractivity contribution in [2.24, 2.45) is 0 Å². The smallest absolute Gasteiger partial charge is 0.119 e. The number of nitrogens with zero attached hydrogens (tertiary/aromatic N) is 1. The van der Waals surface area contributed by atoms with Gasteiger partial charge in [0.05, 0.1) is 0 Å². The van der Waals surface area contributed by atoms with E-state index >= 15 is 0 Å². The molecule has 0 bridgehead atoms. The average molecular weight is 217 g/mol. The lowest BCUT2D eigenvalue weighted by Crippen LogP contribution is -2.19. The van der Waals surface area contributed by atoms with Crippen LogP contribution in [0.25, 0.3) is 0 Å². The lowest BCUT2D eigenvalue weighted by Gasteiger charge is -2.10. The zero-order valence-corrected chi connectivity index (χ0v) is 9.38. The highest BCUT2D eigenvalue weighted by Crippen LogP contribution is 2.12. The summed E-state index contributed by atoms with van der Waals surface area (Å²) in [6, 6.07) is 7.44. The third-order valence-corrected chi connectivity index (χ3v) is 1.69. The summed E-state index contributed by atoms with van der Waals surface area (Å²) in [6.07, 6.45) is 0. The van der Waals surface area contributed by atoms with Gasteiger partial charge in [-0.3, -0.25) is 0 Å². The van der Waals surface area contributed by atoms with Crippen LogP contribution in [0, 0.1) is 0 Å². The Hall–Kier alpha value is -0.930. The molecule has 0 spiro atoms. The molecular weight excluding hydrogens is 200 g/mol. The molecule has 0 heterocycles. The largest absolute Gasteiger partial charge is 0.492 e. The molecule has 0 saturated heterocycles. The van der Waals surface area contributed by atoms with E-state index in [1.54, 1.807) is 0 Å². The Balaban J connectivity index is 0.00000169. The number of anilines is 1. The maximum atomic E-state index is 5.54. The molecule has 4 heteroatoms. The molecule has 0 fully saturated rings. The van der Waals surface area contributed by atoms with Crippen molar-refractivity contribution in [1.82, 2.24) is 4.90 Å². The van der Waals surface area contributed by atoms with Crippen LogP contribution in [0.4, 0.5) is 5.69 Å². The van der Waals surface area contributed by atoms with E-state index in [2.05, 4.69) is 4.90 Å². The molecule has 0 saturated carbocycles. The average Bonchev–Trinajstić information content (AvgIpc) is 2.08. The van der Waals surface area contributed by atoms with Crippen LogP contribution < -0.4 is 10.5 Å². The van der Waals surface area contributed by atoms with E-state index in [0.29, 0.717) is 6.61 Å². The summed E-state index contributed by atoms with van der Waals surface area (Å²) in [4.78, 5) is 2.08. The molecule has 0 atom stereocenters. The summed E-state index contributed by atoms with van der Waals surface area (Å²) in [5.74, 6) is 0.871. The van der Waals surface area contributed by atoms with Crippen LogP contribution >= 0.6 is 12.4 Å². The first kappa shape index (κ1) is 13.1. The van der Waals surface area contributed by atoms with E-state index < -0.39 is 0 Å². The second-order valence-electron chi connectivity index (χ2n) is 3.22. The maximum absolute atomic E-state index is 5.54. The van der Waals surface area contributed by atoms with Gasteiger partial charge in [-0.1, -0.05) is 0 Å². The molecule has 0 aromatic heterocycles. The molecule has 0 aliphatic heterocycles. The Bertz CT molecular complexity index is 249. The number of halogens is 1. The van der Waals surface area contributed by atoms with Gasteiger partial charge in [-0.2, -0.15) is 0 Å². The van der Waals surface area contributed by atoms with Crippen molar-refractivity contribution in [3.63, 3.8) is 0 Å². The van der Waals surface area contributed by atoms with Crippen LogP contribution in [0.5, 0.6) is 5.75 Å². The fourth-order valence-corrected chi connectivity index (χ4v) is 0.910. The summed E-state index contributed by atoms with van der Waals surface area (Å²) >= 11 is 0. The first-order valence-corrected chi connectivity index (χ1v) is 4.31. The van der Waals surface area contributed by atoms with Crippen molar-refractivity contribution in [2.75, 3.05) is 33.0 Å². The van der Waals surface area contributed by atoms with E-state index in [-0.39, 0.29) is 12.4 Å². The first-order chi connectivity index (χ1) is 6.18. The predicted molar refractivity (Wildman–Crippen MR) is 62.2 cm³/mol. The van der Waals surface area contributed by atoms with Crippen molar-refractivity contribution < 1.29 is 4.74 Å². The molecule has 1 aromatic rings. The number of nitrogens with two attached hydrogens (primary N) is 1. The molecule has 14 heavy (non-hydrogen) atoms. The molecule has 80 valence electrons. The van der Waals surface area contributed by atoms with Crippen LogP contribution in [0.1, 0.15) is 0 Å². The topological polar surface area (TPSA) is 38.5 Å². The molecule has 1 rings (SSSR count). The molecule has 0 aliphatic rings. The zero-order valence-electron chi connectivity index (χ0n) is 8.56. The third kappa shape index (κ3) is 4.94. The van der Waals surface area contributed by atoms with Crippen molar-refractivity contribution in [2.45, 2.75) is 0 Å². The molecule has 0 radical (unpaired) electrons. The molecule has 0 aliphatic carbocycles. The van der Waals surface area contributed by atoms with Gasteiger partial charge in [0, 0.05) is 12.2 Å². The van der Waals surface area contributed by atoms with Crippen molar-refractivity contribution in [3.05, 3.63) is 24.3 Å². The van der Waals surface area contributed by atoms with Gasteiger partial charge in [-0.15, -0.1) is 12.4 Å². The van der Waals surface area contributed by atoms with Gasteiger partial charge < -0.3 is 15.4 Å². The second kappa shape index (κ2) is 6.51. The molecule has 0 unspecified atom stereocenters. The van der Waals surface area contributed by atoms with Crippen molar-refractivity contribution >= 4 is 18.1 Å². The van der Waals surface area contributed by atoms with Crippen LogP contribution in [-0.2, 0) is 0 Å². The summed E-state index contributed by atoms with van der Waals surface area (Å²) < 4.78 is 5.47. The van der Waals surface area contributed by atoms with Crippen LogP contribution in [0.2, 0.25) is 0 Å². The summed E-state index contributed by atoms with van der Waals surface area (Å²) in [5, 5.41) is 0. The molecular formula is C10H17ClN2O. The highest BCUT2D eigenvalue weighted by molar-refractivity contribution is 5.85. The van der Waals surface area contributed by atoms with Crippen LogP contribution in [0.3, 0.4) is 0 Å². The Morgan fingerprint density at radius 2 is 1.79 bits per heavy atom. The molecule has 3 nitrogen and oxygen atoms in total. The van der Waals surface area contributed by atoms with Gasteiger partial charge >= 0.3 is 0 Å². The number of ether oxygens (including phenoxy) is 1. The fourth-order valence-electron chi connectivity index (χ4n) is 0.910. The van der Waals surface area contributed by atoms with Gasteiger partial charge in [0.2, 0.25) is 0 Å². The number of hydrogen-bond donors (Lipinski definition) is 1. The first-order valence-electron chi connectivity index (χ1n) is 4.31. The quantitative estimate of drug-likeness (QED) is 0.778. The standard InChI is InChI=1S/C10H16N2O.ClH/c1-12(2)7-8-13-10-5-3-9(11)4-6-10;/h3-6H,7-8,11H2,1-2H3;1H. The van der Waals surface area contributed by atoms with E-state index in [9.17, 15) is 0 Å². The minimum atomic E-state index is 0. The lowest BCUT2D eigenvalue weighted by atomic mass is 10.3. The van der Waals surface area contributed by atoms with Gasteiger partial charge in [-0.05, 0) is 38.4 Å². The lowest BCUT2D eigenvalue weighted by molar-refractivity contribution is 0.261. The molecule has 0 amide bonds. The number of nitrogen functional groups attached to an aromatic ring is 1. The minimum absolute atomic E-state index is 0. The third-order valence-electron chi connectivity index (χ3n) is 1.69. The highest BCUT2D eigenvalue weighted by Gasteiger charge is 1.93. The Labute approximate surface area is 91.3 Å². The SMILES string of the molecule is CN(C)CCOc1ccc(N)cc1.Cl. The monoisotopic (exact) mass is 216 g/mol. The normalized spacial score (nSPS) is 9.64. The number of likely N-dealkylation sites (N-methyl/N-ethyl adjacent to an activating group) is 1.